The Labute approximate surface area is 192 Å². The summed E-state index contributed by atoms with van der Waals surface area (Å²) in [4.78, 5) is 14.4. The molecule has 8 heteroatoms. The second kappa shape index (κ2) is 8.71. The van der Waals surface area contributed by atoms with Crippen molar-refractivity contribution in [2.45, 2.75) is 43.8 Å². The molecule has 0 unspecified atom stereocenters. The third-order valence-electron chi connectivity index (χ3n) is 6.45. The number of nitrogens with zero attached hydrogens (tertiary/aromatic N) is 1. The zero-order valence-electron chi connectivity index (χ0n) is 16.8. The molecule has 1 saturated heterocycles. The lowest BCUT2D eigenvalue weighted by Crippen LogP contribution is -2.68. The van der Waals surface area contributed by atoms with E-state index >= 15 is 0 Å². The minimum Gasteiger partial charge on any atom is -0.393 e. The first-order chi connectivity index (χ1) is 14.7. The van der Waals surface area contributed by atoms with Gasteiger partial charge in [0.05, 0.1) is 19.2 Å². The molecule has 2 N–H and O–H groups in total. The van der Waals surface area contributed by atoms with Gasteiger partial charge in [0, 0.05) is 27.0 Å². The van der Waals surface area contributed by atoms with Crippen molar-refractivity contribution in [1.29, 1.82) is 0 Å². The normalized spacial score (nSPS) is 22.8. The van der Waals surface area contributed by atoms with Crippen LogP contribution in [-0.4, -0.2) is 45.8 Å². The van der Waals surface area contributed by atoms with E-state index in [-0.39, 0.29) is 42.1 Å². The fraction of sp³-hybridized carbons (Fsp3) is 0.435. The Morgan fingerprint density at radius 1 is 1.10 bits per heavy atom. The molecule has 2 aromatic carbocycles. The molecule has 1 aliphatic carbocycles. The Balaban J connectivity index is 1.57. The molecule has 0 bridgehead atoms. The van der Waals surface area contributed by atoms with Crippen LogP contribution in [-0.2, 0) is 6.42 Å². The number of hydrogen-bond donors (Lipinski definition) is 2. The molecular weight excluding hydrogens is 522 g/mol. The number of likely N-dealkylation sites (tertiary alicyclic amines) is 1. The maximum atomic E-state index is 14.6. The summed E-state index contributed by atoms with van der Waals surface area (Å²) in [5, 5.41) is 21.1. The van der Waals surface area contributed by atoms with Gasteiger partial charge in [0.15, 0.2) is 11.6 Å². The van der Waals surface area contributed by atoms with Gasteiger partial charge in [-0.1, -0.05) is 18.9 Å². The summed E-state index contributed by atoms with van der Waals surface area (Å²) >= 11 is 1.95. The highest BCUT2D eigenvalue weighted by Gasteiger charge is 2.52. The lowest BCUT2D eigenvalue weighted by Gasteiger charge is -2.52. The third-order valence-corrected chi connectivity index (χ3v) is 7.12. The first-order valence-electron chi connectivity index (χ1n) is 10.3. The average Bonchev–Trinajstić information content (AvgIpc) is 2.71. The van der Waals surface area contributed by atoms with Gasteiger partial charge in [0.2, 0.25) is 0 Å². The maximum Gasteiger partial charge on any atom is 0.254 e. The number of β-amino-alcohol motifs (C(OH)–C–C–N with tert-alkyl or cyclic N) is 1. The third kappa shape index (κ3) is 4.34. The first kappa shape index (κ1) is 22.5. The SMILES string of the molecule is O=C(c1ccc(F)c(F)c1Cc1ccc(I)cc1F)N1CC(O)([C@H]2CCCC[C@@H]2O)C1. The van der Waals surface area contributed by atoms with E-state index in [1.54, 1.807) is 6.07 Å². The second-order valence-electron chi connectivity index (χ2n) is 8.52. The minimum absolute atomic E-state index is 0.0177. The predicted molar refractivity (Wildman–Crippen MR) is 117 cm³/mol. The summed E-state index contributed by atoms with van der Waals surface area (Å²) in [5.41, 5.74) is -1.29. The van der Waals surface area contributed by atoms with Crippen LogP contribution in [0, 0.1) is 26.9 Å². The number of rotatable bonds is 4. The van der Waals surface area contributed by atoms with Crippen molar-refractivity contribution in [2.24, 2.45) is 5.92 Å². The zero-order chi connectivity index (χ0) is 22.3. The fourth-order valence-corrected chi connectivity index (χ4v) is 5.18. The number of amides is 1. The first-order valence-corrected chi connectivity index (χ1v) is 11.4. The second-order valence-corrected chi connectivity index (χ2v) is 9.77. The van der Waals surface area contributed by atoms with Gasteiger partial charge in [-0.15, -0.1) is 0 Å². The monoisotopic (exact) mass is 545 g/mol. The predicted octanol–water partition coefficient (Wildman–Crippen LogP) is 4.04. The van der Waals surface area contributed by atoms with Crippen molar-refractivity contribution in [3.05, 3.63) is 68.0 Å². The minimum atomic E-state index is -1.18. The van der Waals surface area contributed by atoms with Crippen molar-refractivity contribution in [3.8, 4) is 0 Å². The van der Waals surface area contributed by atoms with Gasteiger partial charge < -0.3 is 15.1 Å². The quantitative estimate of drug-likeness (QED) is 0.571. The highest BCUT2D eigenvalue weighted by atomic mass is 127. The lowest BCUT2D eigenvalue weighted by atomic mass is 9.71. The van der Waals surface area contributed by atoms with Crippen LogP contribution >= 0.6 is 22.6 Å². The summed E-state index contributed by atoms with van der Waals surface area (Å²) in [7, 11) is 0. The molecule has 4 nitrogen and oxygen atoms in total. The number of hydrogen-bond acceptors (Lipinski definition) is 3. The Morgan fingerprint density at radius 3 is 2.48 bits per heavy atom. The zero-order valence-corrected chi connectivity index (χ0v) is 18.9. The lowest BCUT2D eigenvalue weighted by molar-refractivity contribution is -0.156. The van der Waals surface area contributed by atoms with Crippen molar-refractivity contribution >= 4 is 28.5 Å². The summed E-state index contributed by atoms with van der Waals surface area (Å²) in [6.45, 7) is 0.0355. The van der Waals surface area contributed by atoms with Crippen molar-refractivity contribution in [1.82, 2.24) is 4.90 Å². The number of aliphatic hydroxyl groups is 2. The summed E-state index contributed by atoms with van der Waals surface area (Å²) in [5.74, 6) is -3.70. The average molecular weight is 545 g/mol. The van der Waals surface area contributed by atoms with Crippen LogP contribution in [0.3, 0.4) is 0 Å². The van der Waals surface area contributed by atoms with Crippen LogP contribution < -0.4 is 0 Å². The van der Waals surface area contributed by atoms with Crippen LogP contribution in [0.1, 0.15) is 47.2 Å². The molecule has 1 saturated carbocycles. The van der Waals surface area contributed by atoms with Gasteiger partial charge in [0.1, 0.15) is 11.4 Å². The molecule has 4 rings (SSSR count). The number of benzene rings is 2. The smallest absolute Gasteiger partial charge is 0.254 e. The van der Waals surface area contributed by atoms with E-state index in [1.807, 2.05) is 22.6 Å². The van der Waals surface area contributed by atoms with E-state index in [0.717, 1.165) is 18.9 Å². The van der Waals surface area contributed by atoms with Crippen LogP contribution in [0.15, 0.2) is 30.3 Å². The summed E-state index contributed by atoms with van der Waals surface area (Å²) < 4.78 is 43.6. The molecule has 2 aromatic rings. The summed E-state index contributed by atoms with van der Waals surface area (Å²) in [6, 6.07) is 6.52. The standard InChI is InChI=1S/C23H23F3INO3/c24-18-8-7-15(16(21(18)26)9-13-5-6-14(27)10-19(13)25)22(30)28-11-23(31,12-28)17-3-1-2-4-20(17)29/h5-8,10,17,20,29,31H,1-4,9,11-12H2/t17-,20-/m0/s1. The van der Waals surface area contributed by atoms with Crippen LogP contribution in [0.4, 0.5) is 13.2 Å². The van der Waals surface area contributed by atoms with Crippen LogP contribution in [0.5, 0.6) is 0 Å². The molecule has 0 aromatic heterocycles. The van der Waals surface area contributed by atoms with E-state index in [4.69, 9.17) is 0 Å². The van der Waals surface area contributed by atoms with Gasteiger partial charge in [-0.3, -0.25) is 4.79 Å². The maximum absolute atomic E-state index is 14.6. The van der Waals surface area contributed by atoms with Gasteiger partial charge in [-0.25, -0.2) is 13.2 Å². The number of carbonyl (C=O) groups is 1. The molecule has 2 atom stereocenters. The summed E-state index contributed by atoms with van der Waals surface area (Å²) in [6.07, 6.45) is 2.24. The molecule has 1 amide bonds. The van der Waals surface area contributed by atoms with Gasteiger partial charge in [0.25, 0.3) is 5.91 Å². The molecule has 1 heterocycles. The number of carbonyl (C=O) groups excluding carboxylic acids is 1. The van der Waals surface area contributed by atoms with Gasteiger partial charge >= 0.3 is 0 Å². The van der Waals surface area contributed by atoms with E-state index in [9.17, 15) is 28.2 Å². The van der Waals surface area contributed by atoms with E-state index in [1.165, 1.54) is 23.1 Å². The van der Waals surface area contributed by atoms with E-state index in [0.29, 0.717) is 16.4 Å². The Hall–Kier alpha value is -1.65. The molecule has 2 aliphatic rings. The Kier molecular flexibility index (Phi) is 6.33. The van der Waals surface area contributed by atoms with E-state index in [2.05, 4.69) is 0 Å². The molecule has 1 aliphatic heterocycles. The van der Waals surface area contributed by atoms with Crippen LogP contribution in [0.25, 0.3) is 0 Å². The largest absolute Gasteiger partial charge is 0.393 e. The topological polar surface area (TPSA) is 60.8 Å². The van der Waals surface area contributed by atoms with Gasteiger partial charge in [-0.05, 0) is 65.3 Å². The Morgan fingerprint density at radius 2 is 1.81 bits per heavy atom. The number of aliphatic hydroxyl groups excluding tert-OH is 1. The van der Waals surface area contributed by atoms with Crippen molar-refractivity contribution in [2.75, 3.05) is 13.1 Å². The highest BCUT2D eigenvalue weighted by molar-refractivity contribution is 14.1. The van der Waals surface area contributed by atoms with E-state index < -0.39 is 35.1 Å². The molecular formula is C23H23F3INO3. The molecule has 0 spiro atoms. The van der Waals surface area contributed by atoms with Crippen LogP contribution in [0.2, 0.25) is 0 Å². The molecule has 31 heavy (non-hydrogen) atoms. The molecule has 166 valence electrons. The van der Waals surface area contributed by atoms with Crippen molar-refractivity contribution in [3.63, 3.8) is 0 Å². The fourth-order valence-electron chi connectivity index (χ4n) is 4.72. The highest BCUT2D eigenvalue weighted by Crippen LogP contribution is 2.39. The molecule has 0 radical (unpaired) electrons. The van der Waals surface area contributed by atoms with Gasteiger partial charge in [-0.2, -0.15) is 0 Å². The molecule has 2 fully saturated rings. The van der Waals surface area contributed by atoms with Crippen molar-refractivity contribution < 1.29 is 28.2 Å². The number of halogens is 4. The Bertz CT molecular complexity index is 1010.